The van der Waals surface area contributed by atoms with Gasteiger partial charge >= 0.3 is 5.97 Å². The quantitative estimate of drug-likeness (QED) is 0.868. The average molecular weight is 340 g/mol. The molecule has 0 saturated carbocycles. The Hall–Kier alpha value is -1.93. The van der Waals surface area contributed by atoms with Crippen LogP contribution in [0.3, 0.4) is 0 Å². The molecule has 23 heavy (non-hydrogen) atoms. The Balaban J connectivity index is 2.29. The predicted octanol–water partition coefficient (Wildman–Crippen LogP) is 0.636. The van der Waals surface area contributed by atoms with Gasteiger partial charge in [0, 0.05) is 24.7 Å². The number of rotatable bonds is 4. The minimum Gasteiger partial charge on any atom is -0.481 e. The van der Waals surface area contributed by atoms with Gasteiger partial charge in [-0.05, 0) is 19.1 Å². The third-order valence-electron chi connectivity index (χ3n) is 4.07. The number of carboxylic acids is 1. The molecule has 2 atom stereocenters. The molecule has 0 aromatic heterocycles. The summed E-state index contributed by atoms with van der Waals surface area (Å²) < 4.78 is 25.0. The van der Waals surface area contributed by atoms with Crippen LogP contribution in [0.4, 0.5) is 0 Å². The topological polar surface area (TPSA) is 95.0 Å². The van der Waals surface area contributed by atoms with Gasteiger partial charge in [0.15, 0.2) is 0 Å². The lowest BCUT2D eigenvalue weighted by molar-refractivity contribution is -0.138. The van der Waals surface area contributed by atoms with E-state index in [0.717, 1.165) is 6.26 Å². The lowest BCUT2D eigenvalue weighted by atomic mass is 10.0. The Morgan fingerprint density at radius 2 is 1.83 bits per heavy atom. The molecule has 8 heteroatoms. The number of carboxylic acid groups (broad SMARTS) is 1. The summed E-state index contributed by atoms with van der Waals surface area (Å²) in [5.74, 6) is -1.31. The zero-order chi connectivity index (χ0) is 17.2. The number of sulfonamides is 1. The van der Waals surface area contributed by atoms with Crippen LogP contribution in [-0.2, 0) is 14.8 Å². The number of hydrogen-bond acceptors (Lipinski definition) is 4. The molecule has 1 amide bonds. The van der Waals surface area contributed by atoms with Crippen LogP contribution in [0.25, 0.3) is 0 Å². The van der Waals surface area contributed by atoms with E-state index < -0.39 is 28.1 Å². The van der Waals surface area contributed by atoms with Crippen molar-refractivity contribution in [3.05, 3.63) is 35.9 Å². The number of benzene rings is 1. The van der Waals surface area contributed by atoms with E-state index in [4.69, 9.17) is 5.11 Å². The summed E-state index contributed by atoms with van der Waals surface area (Å²) in [6.07, 6.45) is 0.718. The normalized spacial score (nSPS) is 22.8. The number of carbonyl (C=O) groups excluding carboxylic acids is 1. The molecule has 0 spiro atoms. The van der Waals surface area contributed by atoms with Gasteiger partial charge in [-0.2, -0.15) is 4.31 Å². The fourth-order valence-electron chi connectivity index (χ4n) is 2.92. The maximum atomic E-state index is 12.6. The van der Waals surface area contributed by atoms with Crippen LogP contribution in [0.1, 0.15) is 23.7 Å². The molecule has 0 radical (unpaired) electrons. The van der Waals surface area contributed by atoms with E-state index in [9.17, 15) is 18.0 Å². The van der Waals surface area contributed by atoms with E-state index in [1.807, 2.05) is 0 Å². The average Bonchev–Trinajstić information content (AvgIpc) is 2.48. The molecular formula is C15H20N2O5S. The Morgan fingerprint density at radius 1 is 1.22 bits per heavy atom. The highest BCUT2D eigenvalue weighted by Crippen LogP contribution is 2.24. The summed E-state index contributed by atoms with van der Waals surface area (Å²) in [5, 5.41) is 9.08. The Labute approximate surface area is 135 Å². The van der Waals surface area contributed by atoms with Crippen molar-refractivity contribution in [1.29, 1.82) is 0 Å². The van der Waals surface area contributed by atoms with Crippen LogP contribution >= 0.6 is 0 Å². The SMILES string of the molecule is C[C@H]1[C@H](CC(=O)O)N(S(C)(=O)=O)CCN1C(=O)c1ccccc1. The summed E-state index contributed by atoms with van der Waals surface area (Å²) in [6, 6.07) is 7.37. The molecule has 1 fully saturated rings. The number of amides is 1. The zero-order valence-electron chi connectivity index (χ0n) is 13.0. The Morgan fingerprint density at radius 3 is 2.35 bits per heavy atom. The number of hydrogen-bond donors (Lipinski definition) is 1. The first-order valence-electron chi connectivity index (χ1n) is 7.26. The molecule has 0 aliphatic carbocycles. The standard InChI is InChI=1S/C15H20N2O5S/c1-11-13(10-14(18)19)17(23(2,21)22)9-8-16(11)15(20)12-6-4-3-5-7-12/h3-7,11,13H,8-10H2,1-2H3,(H,18,19)/t11-,13-/m0/s1. The van der Waals surface area contributed by atoms with Crippen molar-refractivity contribution in [2.24, 2.45) is 0 Å². The summed E-state index contributed by atoms with van der Waals surface area (Å²) in [5.41, 5.74) is 0.501. The fourth-order valence-corrected chi connectivity index (χ4v) is 4.08. The van der Waals surface area contributed by atoms with Crippen LogP contribution < -0.4 is 0 Å². The molecule has 1 aromatic rings. The van der Waals surface area contributed by atoms with Gasteiger partial charge < -0.3 is 10.0 Å². The van der Waals surface area contributed by atoms with Gasteiger partial charge in [0.25, 0.3) is 5.91 Å². The van der Waals surface area contributed by atoms with Gasteiger partial charge in [-0.15, -0.1) is 0 Å². The summed E-state index contributed by atoms with van der Waals surface area (Å²) >= 11 is 0. The largest absolute Gasteiger partial charge is 0.481 e. The van der Waals surface area contributed by atoms with Gasteiger partial charge in [0.05, 0.1) is 18.7 Å². The third-order valence-corrected chi connectivity index (χ3v) is 5.38. The van der Waals surface area contributed by atoms with Gasteiger partial charge in [0.1, 0.15) is 0 Å². The van der Waals surface area contributed by atoms with E-state index in [1.165, 1.54) is 4.31 Å². The Bertz CT molecular complexity index is 689. The lowest BCUT2D eigenvalue weighted by Gasteiger charge is -2.44. The second-order valence-electron chi connectivity index (χ2n) is 5.64. The maximum absolute atomic E-state index is 12.6. The van der Waals surface area contributed by atoms with Crippen LogP contribution in [0.2, 0.25) is 0 Å². The van der Waals surface area contributed by atoms with E-state index >= 15 is 0 Å². The highest BCUT2D eigenvalue weighted by Gasteiger charge is 2.41. The molecule has 1 N–H and O–H groups in total. The molecule has 0 unspecified atom stereocenters. The van der Waals surface area contributed by atoms with Gasteiger partial charge in [0.2, 0.25) is 10.0 Å². The van der Waals surface area contributed by atoms with E-state index in [-0.39, 0.29) is 25.4 Å². The first kappa shape index (κ1) is 17.4. The zero-order valence-corrected chi connectivity index (χ0v) is 13.9. The molecular weight excluding hydrogens is 320 g/mol. The number of piperazine rings is 1. The van der Waals surface area contributed by atoms with E-state index in [1.54, 1.807) is 42.2 Å². The van der Waals surface area contributed by atoms with Crippen molar-refractivity contribution < 1.29 is 23.1 Å². The maximum Gasteiger partial charge on any atom is 0.305 e. The smallest absolute Gasteiger partial charge is 0.305 e. The van der Waals surface area contributed by atoms with Crippen LogP contribution in [0, 0.1) is 0 Å². The van der Waals surface area contributed by atoms with Gasteiger partial charge in [-0.25, -0.2) is 8.42 Å². The van der Waals surface area contributed by atoms with E-state index in [2.05, 4.69) is 0 Å². The van der Waals surface area contributed by atoms with Crippen LogP contribution in [-0.4, -0.2) is 66.0 Å². The highest BCUT2D eigenvalue weighted by atomic mass is 32.2. The van der Waals surface area contributed by atoms with Crippen molar-refractivity contribution in [3.8, 4) is 0 Å². The summed E-state index contributed by atoms with van der Waals surface area (Å²) in [6.45, 7) is 2.02. The minimum absolute atomic E-state index is 0.0969. The number of carbonyl (C=O) groups is 2. The molecule has 1 aromatic carbocycles. The van der Waals surface area contributed by atoms with Crippen molar-refractivity contribution in [2.75, 3.05) is 19.3 Å². The van der Waals surface area contributed by atoms with Crippen molar-refractivity contribution >= 4 is 21.9 Å². The lowest BCUT2D eigenvalue weighted by Crippen LogP contribution is -2.61. The molecule has 126 valence electrons. The van der Waals surface area contributed by atoms with Gasteiger partial charge in [-0.1, -0.05) is 18.2 Å². The molecule has 1 saturated heterocycles. The molecule has 1 aliphatic heterocycles. The number of nitrogens with zero attached hydrogens (tertiary/aromatic N) is 2. The Kier molecular flexibility index (Phi) is 5.06. The number of aliphatic carboxylic acids is 1. The minimum atomic E-state index is -3.54. The summed E-state index contributed by atoms with van der Waals surface area (Å²) in [4.78, 5) is 25.3. The van der Waals surface area contributed by atoms with Crippen LogP contribution in [0.15, 0.2) is 30.3 Å². The fraction of sp³-hybridized carbons (Fsp3) is 0.467. The predicted molar refractivity (Wildman–Crippen MR) is 84.5 cm³/mol. The molecule has 0 bridgehead atoms. The second kappa shape index (κ2) is 6.67. The van der Waals surface area contributed by atoms with Crippen molar-refractivity contribution in [1.82, 2.24) is 9.21 Å². The molecule has 1 heterocycles. The monoisotopic (exact) mass is 340 g/mol. The first-order chi connectivity index (χ1) is 10.7. The van der Waals surface area contributed by atoms with E-state index in [0.29, 0.717) is 5.56 Å². The van der Waals surface area contributed by atoms with Crippen molar-refractivity contribution in [2.45, 2.75) is 25.4 Å². The molecule has 7 nitrogen and oxygen atoms in total. The van der Waals surface area contributed by atoms with Crippen LogP contribution in [0.5, 0.6) is 0 Å². The van der Waals surface area contributed by atoms with Gasteiger partial charge in [-0.3, -0.25) is 9.59 Å². The van der Waals surface area contributed by atoms with Crippen molar-refractivity contribution in [3.63, 3.8) is 0 Å². The third kappa shape index (κ3) is 3.89. The first-order valence-corrected chi connectivity index (χ1v) is 9.11. The highest BCUT2D eigenvalue weighted by molar-refractivity contribution is 7.88. The summed E-state index contributed by atoms with van der Waals surface area (Å²) in [7, 11) is -3.54. The second-order valence-corrected chi connectivity index (χ2v) is 7.58. The molecule has 1 aliphatic rings. The molecule has 2 rings (SSSR count).